The van der Waals surface area contributed by atoms with Crippen LogP contribution in [-0.4, -0.2) is 73.1 Å². The highest BCUT2D eigenvalue weighted by atomic mass is 16.5. The van der Waals surface area contributed by atoms with Gasteiger partial charge in [0.1, 0.15) is 17.6 Å². The molecule has 0 aliphatic carbocycles. The molecule has 4 rings (SSSR count). The molecule has 1 fully saturated rings. The summed E-state index contributed by atoms with van der Waals surface area (Å²) in [5.74, 6) is 0.309. The maximum absolute atomic E-state index is 13.4. The minimum absolute atomic E-state index is 0.0514. The van der Waals surface area contributed by atoms with Crippen molar-refractivity contribution in [3.05, 3.63) is 58.7 Å². The van der Waals surface area contributed by atoms with Crippen LogP contribution in [0, 0.1) is 0 Å². The second-order valence-corrected chi connectivity index (χ2v) is 9.44. The summed E-state index contributed by atoms with van der Waals surface area (Å²) in [5, 5.41) is 11.4. The van der Waals surface area contributed by atoms with Gasteiger partial charge in [-0.05, 0) is 74.4 Å². The third-order valence-corrected chi connectivity index (χ3v) is 7.20. The van der Waals surface area contributed by atoms with E-state index >= 15 is 0 Å². The molecule has 0 aromatic heterocycles. The summed E-state index contributed by atoms with van der Waals surface area (Å²) in [4.78, 5) is 30.5. The van der Waals surface area contributed by atoms with E-state index in [1.807, 2.05) is 13.0 Å². The molecule has 0 saturated carbocycles. The molecule has 2 aliphatic rings. The van der Waals surface area contributed by atoms with Crippen LogP contribution in [-0.2, 0) is 16.0 Å². The zero-order valence-corrected chi connectivity index (χ0v) is 22.2. The van der Waals surface area contributed by atoms with Gasteiger partial charge in [-0.2, -0.15) is 0 Å². The summed E-state index contributed by atoms with van der Waals surface area (Å²) in [7, 11) is 3.09. The lowest BCUT2D eigenvalue weighted by molar-refractivity contribution is -0.140. The highest BCUT2D eigenvalue weighted by Crippen LogP contribution is 2.42. The summed E-state index contributed by atoms with van der Waals surface area (Å²) in [6, 6.07) is 9.94. The van der Waals surface area contributed by atoms with Crippen LogP contribution < -0.4 is 14.2 Å². The SMILES string of the molecule is CCN(CC)CCCN1C(=O)C(=O)C(=C(O)c2ccc3c(c2)C[C@H](C)O3)[C@H]1c1ccc(OC)c(OC)c1. The van der Waals surface area contributed by atoms with E-state index in [1.165, 1.54) is 7.11 Å². The van der Waals surface area contributed by atoms with Crippen molar-refractivity contribution >= 4 is 17.4 Å². The molecular formula is C29H36N2O6. The van der Waals surface area contributed by atoms with E-state index in [4.69, 9.17) is 14.2 Å². The molecule has 2 aromatic carbocycles. The monoisotopic (exact) mass is 508 g/mol. The molecule has 8 nitrogen and oxygen atoms in total. The number of amides is 1. The number of ether oxygens (including phenoxy) is 3. The molecule has 0 spiro atoms. The summed E-state index contributed by atoms with van der Waals surface area (Å²) in [5.41, 5.74) is 2.20. The first-order valence-corrected chi connectivity index (χ1v) is 12.8. The predicted molar refractivity (Wildman–Crippen MR) is 141 cm³/mol. The highest BCUT2D eigenvalue weighted by Gasteiger charge is 2.46. The lowest BCUT2D eigenvalue weighted by atomic mass is 9.94. The molecule has 198 valence electrons. The molecule has 1 N–H and O–H groups in total. The Morgan fingerprint density at radius 1 is 1.08 bits per heavy atom. The van der Waals surface area contributed by atoms with Crippen LogP contribution in [0.2, 0.25) is 0 Å². The number of nitrogens with zero attached hydrogens (tertiary/aromatic N) is 2. The summed E-state index contributed by atoms with van der Waals surface area (Å²) < 4.78 is 16.7. The topological polar surface area (TPSA) is 88.5 Å². The van der Waals surface area contributed by atoms with Crippen molar-refractivity contribution in [1.82, 2.24) is 9.80 Å². The van der Waals surface area contributed by atoms with Crippen LogP contribution in [0.15, 0.2) is 42.0 Å². The summed E-state index contributed by atoms with van der Waals surface area (Å²) in [6.07, 6.45) is 1.47. The smallest absolute Gasteiger partial charge is 0.295 e. The fourth-order valence-electron chi connectivity index (χ4n) is 5.21. The van der Waals surface area contributed by atoms with E-state index in [9.17, 15) is 14.7 Å². The third kappa shape index (κ3) is 5.16. The molecule has 1 saturated heterocycles. The minimum Gasteiger partial charge on any atom is -0.507 e. The van der Waals surface area contributed by atoms with Crippen molar-refractivity contribution < 1.29 is 28.9 Å². The van der Waals surface area contributed by atoms with Crippen LogP contribution in [0.3, 0.4) is 0 Å². The number of benzene rings is 2. The Bertz CT molecular complexity index is 1200. The first-order valence-electron chi connectivity index (χ1n) is 12.8. The van der Waals surface area contributed by atoms with Crippen LogP contribution in [0.1, 0.15) is 49.9 Å². The summed E-state index contributed by atoms with van der Waals surface area (Å²) in [6.45, 7) is 9.19. The zero-order valence-electron chi connectivity index (χ0n) is 22.2. The summed E-state index contributed by atoms with van der Waals surface area (Å²) >= 11 is 0. The molecule has 2 aliphatic heterocycles. The Morgan fingerprint density at radius 2 is 1.81 bits per heavy atom. The number of hydrogen-bond donors (Lipinski definition) is 1. The van der Waals surface area contributed by atoms with Gasteiger partial charge in [0.2, 0.25) is 0 Å². The van der Waals surface area contributed by atoms with Crippen molar-refractivity contribution in [2.45, 2.75) is 45.8 Å². The van der Waals surface area contributed by atoms with Gasteiger partial charge in [-0.3, -0.25) is 9.59 Å². The van der Waals surface area contributed by atoms with Gasteiger partial charge >= 0.3 is 0 Å². The van der Waals surface area contributed by atoms with Gasteiger partial charge in [-0.25, -0.2) is 0 Å². The number of ketones is 1. The molecule has 2 aromatic rings. The van der Waals surface area contributed by atoms with Crippen LogP contribution in [0.5, 0.6) is 17.2 Å². The Balaban J connectivity index is 1.78. The van der Waals surface area contributed by atoms with Gasteiger partial charge in [0, 0.05) is 18.5 Å². The van der Waals surface area contributed by atoms with E-state index in [0.29, 0.717) is 35.6 Å². The number of Topliss-reactive ketones (excluding diaryl/α,β-unsaturated/α-hetero) is 1. The molecular weight excluding hydrogens is 472 g/mol. The lowest BCUT2D eigenvalue weighted by Gasteiger charge is -2.27. The van der Waals surface area contributed by atoms with E-state index < -0.39 is 17.7 Å². The van der Waals surface area contributed by atoms with Crippen molar-refractivity contribution in [3.8, 4) is 17.2 Å². The molecule has 0 radical (unpaired) electrons. The van der Waals surface area contributed by atoms with E-state index in [2.05, 4.69) is 18.7 Å². The highest BCUT2D eigenvalue weighted by molar-refractivity contribution is 6.46. The average molecular weight is 509 g/mol. The van der Waals surface area contributed by atoms with Gasteiger partial charge in [0.05, 0.1) is 25.8 Å². The van der Waals surface area contributed by atoms with Gasteiger partial charge in [0.25, 0.3) is 11.7 Å². The fourth-order valence-corrected chi connectivity index (χ4v) is 5.21. The molecule has 1 amide bonds. The van der Waals surface area contributed by atoms with Crippen LogP contribution in [0.4, 0.5) is 0 Å². The largest absolute Gasteiger partial charge is 0.507 e. The number of carbonyl (C=O) groups is 2. The van der Waals surface area contributed by atoms with E-state index in [1.54, 1.807) is 42.3 Å². The molecule has 37 heavy (non-hydrogen) atoms. The fraction of sp³-hybridized carbons (Fsp3) is 0.448. The van der Waals surface area contributed by atoms with Gasteiger partial charge in [-0.1, -0.05) is 19.9 Å². The first-order chi connectivity index (χ1) is 17.8. The van der Waals surface area contributed by atoms with Crippen molar-refractivity contribution in [2.75, 3.05) is 40.4 Å². The maximum atomic E-state index is 13.4. The first kappa shape index (κ1) is 26.5. The number of methoxy groups -OCH3 is 2. The molecule has 0 bridgehead atoms. The number of fused-ring (bicyclic) bond motifs is 1. The van der Waals surface area contributed by atoms with Crippen molar-refractivity contribution in [3.63, 3.8) is 0 Å². The van der Waals surface area contributed by atoms with E-state index in [0.717, 1.165) is 37.4 Å². The van der Waals surface area contributed by atoms with E-state index in [-0.39, 0.29) is 17.4 Å². The molecule has 8 heteroatoms. The quantitative estimate of drug-likeness (QED) is 0.293. The van der Waals surface area contributed by atoms with Crippen LogP contribution in [0.25, 0.3) is 5.76 Å². The third-order valence-electron chi connectivity index (χ3n) is 7.20. The number of aliphatic hydroxyl groups excluding tert-OH is 1. The minimum atomic E-state index is -0.750. The number of likely N-dealkylation sites (tertiary alicyclic amines) is 1. The number of aliphatic hydroxyl groups is 1. The number of hydrogen-bond acceptors (Lipinski definition) is 7. The van der Waals surface area contributed by atoms with Crippen LogP contribution >= 0.6 is 0 Å². The predicted octanol–water partition coefficient (Wildman–Crippen LogP) is 4.18. The zero-order chi connectivity index (χ0) is 26.7. The second-order valence-electron chi connectivity index (χ2n) is 9.44. The van der Waals surface area contributed by atoms with Gasteiger partial charge in [-0.15, -0.1) is 0 Å². The standard InChI is InChI=1S/C29H36N2O6/c1-6-30(7-2)13-8-14-31-26(19-9-12-23(35-4)24(17-19)36-5)25(28(33)29(31)34)27(32)20-10-11-22-21(16-20)15-18(3)37-22/h9-12,16-18,26,32H,6-8,13-15H2,1-5H3/t18-,26+/m0/s1. The Hall–Kier alpha value is -3.52. The maximum Gasteiger partial charge on any atom is 0.295 e. The lowest BCUT2D eigenvalue weighted by Crippen LogP contribution is -2.33. The Kier molecular flexibility index (Phi) is 8.07. The van der Waals surface area contributed by atoms with Gasteiger partial charge < -0.3 is 29.1 Å². The Morgan fingerprint density at radius 3 is 2.49 bits per heavy atom. The van der Waals surface area contributed by atoms with Crippen molar-refractivity contribution in [2.24, 2.45) is 0 Å². The van der Waals surface area contributed by atoms with Crippen molar-refractivity contribution in [1.29, 1.82) is 0 Å². The Labute approximate surface area is 218 Å². The second kappa shape index (κ2) is 11.3. The number of rotatable bonds is 10. The molecule has 2 atom stereocenters. The average Bonchev–Trinajstić information content (AvgIpc) is 3.41. The molecule has 2 heterocycles. The van der Waals surface area contributed by atoms with Gasteiger partial charge in [0.15, 0.2) is 11.5 Å². The number of carbonyl (C=O) groups excluding carboxylic acids is 2. The normalized spacial score (nSPS) is 20.3. The molecule has 0 unspecified atom stereocenters.